The molecule has 0 radical (unpaired) electrons. The maximum absolute atomic E-state index is 10.5. The van der Waals surface area contributed by atoms with Crippen LogP contribution in [-0.2, 0) is 4.79 Å². The van der Waals surface area contributed by atoms with Crippen molar-refractivity contribution in [3.63, 3.8) is 0 Å². The predicted molar refractivity (Wildman–Crippen MR) is 48.0 cm³/mol. The van der Waals surface area contributed by atoms with E-state index < -0.39 is 5.97 Å². The minimum Gasteiger partial charge on any atom is -0.481 e. The molecule has 0 bridgehead atoms. The van der Waals surface area contributed by atoms with E-state index in [2.05, 4.69) is 0 Å². The van der Waals surface area contributed by atoms with Crippen LogP contribution in [0.15, 0.2) is 11.6 Å². The first-order chi connectivity index (χ1) is 5.70. The van der Waals surface area contributed by atoms with Crippen LogP contribution < -0.4 is 0 Å². The summed E-state index contributed by atoms with van der Waals surface area (Å²) in [4.78, 5) is 10.5. The summed E-state index contributed by atoms with van der Waals surface area (Å²) in [6, 6.07) is 0. The summed E-state index contributed by atoms with van der Waals surface area (Å²) in [6.45, 7) is 1.74. The Morgan fingerprint density at radius 1 is 1.42 bits per heavy atom. The third-order valence-corrected chi connectivity index (χ3v) is 2.37. The minimum atomic E-state index is -0.715. The molecule has 12 heavy (non-hydrogen) atoms. The topological polar surface area (TPSA) is 37.3 Å². The molecule has 1 saturated carbocycles. The fourth-order valence-corrected chi connectivity index (χ4v) is 1.60. The summed E-state index contributed by atoms with van der Waals surface area (Å²) in [5, 5.41) is 8.67. The summed E-state index contributed by atoms with van der Waals surface area (Å²) in [5.74, 6) is -1.02. The molecule has 0 saturated heterocycles. The molecule has 0 aromatic heterocycles. The van der Waals surface area contributed by atoms with Gasteiger partial charge in [0.15, 0.2) is 0 Å². The Balaban J connectivity index is 2.48. The van der Waals surface area contributed by atoms with Gasteiger partial charge in [0.05, 0.1) is 5.92 Å². The standard InChI is InChI=1S/C10H16O2/c1-8(10(11)12)7-9-5-3-2-4-6-9/h7-8H,2-6H2,1H3,(H,11,12). The third kappa shape index (κ3) is 2.68. The van der Waals surface area contributed by atoms with Crippen molar-refractivity contribution in [2.75, 3.05) is 0 Å². The van der Waals surface area contributed by atoms with Gasteiger partial charge in [0.2, 0.25) is 0 Å². The van der Waals surface area contributed by atoms with Gasteiger partial charge in [0.1, 0.15) is 0 Å². The van der Waals surface area contributed by atoms with Crippen LogP contribution in [-0.4, -0.2) is 11.1 Å². The quantitative estimate of drug-likeness (QED) is 0.643. The van der Waals surface area contributed by atoms with Crippen LogP contribution in [0.1, 0.15) is 39.0 Å². The molecule has 68 valence electrons. The fourth-order valence-electron chi connectivity index (χ4n) is 1.60. The molecule has 1 rings (SSSR count). The molecule has 0 heterocycles. The lowest BCUT2D eigenvalue weighted by molar-refractivity contribution is -0.139. The van der Waals surface area contributed by atoms with E-state index in [1.807, 2.05) is 6.08 Å². The molecular weight excluding hydrogens is 152 g/mol. The molecule has 1 N–H and O–H groups in total. The number of aliphatic carboxylic acids is 1. The van der Waals surface area contributed by atoms with Crippen molar-refractivity contribution in [3.05, 3.63) is 11.6 Å². The van der Waals surface area contributed by atoms with Crippen molar-refractivity contribution in [2.45, 2.75) is 39.0 Å². The first-order valence-corrected chi connectivity index (χ1v) is 4.62. The van der Waals surface area contributed by atoms with E-state index in [1.165, 1.54) is 24.8 Å². The van der Waals surface area contributed by atoms with Crippen LogP contribution in [0.5, 0.6) is 0 Å². The Morgan fingerprint density at radius 3 is 2.50 bits per heavy atom. The highest BCUT2D eigenvalue weighted by atomic mass is 16.4. The van der Waals surface area contributed by atoms with Crippen LogP contribution in [0.2, 0.25) is 0 Å². The van der Waals surface area contributed by atoms with Gasteiger partial charge in [-0.15, -0.1) is 0 Å². The monoisotopic (exact) mass is 168 g/mol. The van der Waals surface area contributed by atoms with Crippen molar-refractivity contribution < 1.29 is 9.90 Å². The van der Waals surface area contributed by atoms with E-state index in [0.29, 0.717) is 0 Å². The Morgan fingerprint density at radius 2 is 2.00 bits per heavy atom. The lowest BCUT2D eigenvalue weighted by Gasteiger charge is -2.14. The highest BCUT2D eigenvalue weighted by molar-refractivity contribution is 5.71. The van der Waals surface area contributed by atoms with Gasteiger partial charge in [-0.05, 0) is 32.6 Å². The third-order valence-electron chi connectivity index (χ3n) is 2.37. The van der Waals surface area contributed by atoms with Crippen LogP contribution in [0.3, 0.4) is 0 Å². The number of rotatable bonds is 2. The molecule has 1 aliphatic rings. The van der Waals surface area contributed by atoms with E-state index in [1.54, 1.807) is 6.92 Å². The van der Waals surface area contributed by atoms with Gasteiger partial charge in [-0.2, -0.15) is 0 Å². The number of carboxylic acid groups (broad SMARTS) is 1. The summed E-state index contributed by atoms with van der Waals surface area (Å²) in [5.41, 5.74) is 1.34. The zero-order chi connectivity index (χ0) is 8.97. The van der Waals surface area contributed by atoms with Crippen LogP contribution in [0, 0.1) is 5.92 Å². The number of hydrogen-bond acceptors (Lipinski definition) is 1. The number of carboxylic acids is 1. The number of allylic oxidation sites excluding steroid dienone is 1. The second-order valence-corrected chi connectivity index (χ2v) is 3.51. The largest absolute Gasteiger partial charge is 0.481 e. The van der Waals surface area contributed by atoms with Crippen LogP contribution in [0.4, 0.5) is 0 Å². The second-order valence-electron chi connectivity index (χ2n) is 3.51. The fraction of sp³-hybridized carbons (Fsp3) is 0.700. The smallest absolute Gasteiger partial charge is 0.310 e. The van der Waals surface area contributed by atoms with Crippen molar-refractivity contribution in [1.82, 2.24) is 0 Å². The van der Waals surface area contributed by atoms with Gasteiger partial charge < -0.3 is 5.11 Å². The molecule has 0 aromatic carbocycles. The molecule has 0 amide bonds. The highest BCUT2D eigenvalue weighted by Crippen LogP contribution is 2.23. The zero-order valence-corrected chi connectivity index (χ0v) is 7.55. The Hall–Kier alpha value is -0.790. The second kappa shape index (κ2) is 4.29. The van der Waals surface area contributed by atoms with Gasteiger partial charge in [-0.25, -0.2) is 0 Å². The van der Waals surface area contributed by atoms with E-state index in [4.69, 9.17) is 5.11 Å². The molecule has 0 spiro atoms. The molecule has 1 unspecified atom stereocenters. The van der Waals surface area contributed by atoms with E-state index in [-0.39, 0.29) is 5.92 Å². The van der Waals surface area contributed by atoms with Gasteiger partial charge in [-0.1, -0.05) is 18.1 Å². The first-order valence-electron chi connectivity index (χ1n) is 4.62. The summed E-state index contributed by atoms with van der Waals surface area (Å²) >= 11 is 0. The lowest BCUT2D eigenvalue weighted by Crippen LogP contribution is -2.08. The molecule has 2 heteroatoms. The predicted octanol–water partition coefficient (Wildman–Crippen LogP) is 2.60. The average molecular weight is 168 g/mol. The molecule has 1 aliphatic carbocycles. The van der Waals surface area contributed by atoms with E-state index in [9.17, 15) is 4.79 Å². The average Bonchev–Trinajstić information content (AvgIpc) is 2.06. The molecule has 0 aliphatic heterocycles. The van der Waals surface area contributed by atoms with Gasteiger partial charge >= 0.3 is 5.97 Å². The van der Waals surface area contributed by atoms with E-state index >= 15 is 0 Å². The first kappa shape index (κ1) is 9.30. The van der Waals surface area contributed by atoms with Gasteiger partial charge in [-0.3, -0.25) is 4.79 Å². The Kier molecular flexibility index (Phi) is 3.32. The van der Waals surface area contributed by atoms with Crippen LogP contribution >= 0.6 is 0 Å². The Bertz CT molecular complexity index is 186. The maximum atomic E-state index is 10.5. The molecule has 0 aromatic rings. The molecule has 1 atom stereocenters. The van der Waals surface area contributed by atoms with Crippen LogP contribution in [0.25, 0.3) is 0 Å². The normalized spacial score (nSPS) is 20.2. The van der Waals surface area contributed by atoms with Crippen molar-refractivity contribution in [3.8, 4) is 0 Å². The van der Waals surface area contributed by atoms with Gasteiger partial charge in [0, 0.05) is 0 Å². The number of carbonyl (C=O) groups is 1. The highest BCUT2D eigenvalue weighted by Gasteiger charge is 2.11. The Labute approximate surface area is 73.3 Å². The van der Waals surface area contributed by atoms with Gasteiger partial charge in [0.25, 0.3) is 0 Å². The van der Waals surface area contributed by atoms with Crippen molar-refractivity contribution in [2.24, 2.45) is 5.92 Å². The molecule has 1 fully saturated rings. The zero-order valence-electron chi connectivity index (χ0n) is 7.55. The number of hydrogen-bond donors (Lipinski definition) is 1. The van der Waals surface area contributed by atoms with Crippen molar-refractivity contribution >= 4 is 5.97 Å². The maximum Gasteiger partial charge on any atom is 0.310 e. The summed E-state index contributed by atoms with van der Waals surface area (Å²) < 4.78 is 0. The van der Waals surface area contributed by atoms with Crippen molar-refractivity contribution in [1.29, 1.82) is 0 Å². The minimum absolute atomic E-state index is 0.307. The molecule has 2 nitrogen and oxygen atoms in total. The summed E-state index contributed by atoms with van der Waals surface area (Å²) in [7, 11) is 0. The lowest BCUT2D eigenvalue weighted by atomic mass is 9.92. The molecular formula is C10H16O2. The van der Waals surface area contributed by atoms with E-state index in [0.717, 1.165) is 12.8 Å². The SMILES string of the molecule is CC(C=C1CCCCC1)C(=O)O. The summed E-state index contributed by atoms with van der Waals surface area (Å²) in [6.07, 6.45) is 7.91.